The Hall–Kier alpha value is -2.63. The van der Waals surface area contributed by atoms with E-state index in [0.29, 0.717) is 18.8 Å². The summed E-state index contributed by atoms with van der Waals surface area (Å²) in [6, 6.07) is 11.4. The van der Waals surface area contributed by atoms with Crippen molar-refractivity contribution >= 4 is 11.7 Å². The number of rotatable bonds is 5. The Kier molecular flexibility index (Phi) is 4.18. The van der Waals surface area contributed by atoms with Crippen LogP contribution in [-0.4, -0.2) is 46.0 Å². The van der Waals surface area contributed by atoms with Gasteiger partial charge in [-0.25, -0.2) is 9.97 Å². The van der Waals surface area contributed by atoms with E-state index < -0.39 is 6.10 Å². The van der Waals surface area contributed by atoms with Crippen molar-refractivity contribution in [3.63, 3.8) is 0 Å². The molecule has 0 aliphatic carbocycles. The lowest BCUT2D eigenvalue weighted by Gasteiger charge is -2.40. The normalized spacial score (nSPS) is 15.8. The Bertz CT molecular complexity index is 615. The molecule has 1 aliphatic rings. The van der Waals surface area contributed by atoms with Crippen LogP contribution >= 0.6 is 0 Å². The lowest BCUT2D eigenvalue weighted by Crippen LogP contribution is -2.59. The van der Waals surface area contributed by atoms with Crippen molar-refractivity contribution in [3.05, 3.63) is 48.9 Å². The van der Waals surface area contributed by atoms with Crippen molar-refractivity contribution in [2.75, 3.05) is 18.4 Å². The number of carbonyl (C=O) groups is 1. The minimum absolute atomic E-state index is 0.00425. The third-order valence-corrected chi connectivity index (χ3v) is 3.53. The van der Waals surface area contributed by atoms with Crippen molar-refractivity contribution in [2.24, 2.45) is 0 Å². The monoisotopic (exact) mass is 298 g/mol. The van der Waals surface area contributed by atoms with Crippen LogP contribution in [0.2, 0.25) is 0 Å². The lowest BCUT2D eigenvalue weighted by molar-refractivity contribution is -0.142. The molecule has 0 bridgehead atoms. The lowest BCUT2D eigenvalue weighted by atomic mass is 10.1. The average molecular weight is 298 g/mol. The Labute approximate surface area is 129 Å². The summed E-state index contributed by atoms with van der Waals surface area (Å²) in [6.45, 7) is 3.09. The van der Waals surface area contributed by atoms with Crippen LogP contribution in [0, 0.1) is 0 Å². The van der Waals surface area contributed by atoms with Gasteiger partial charge in [-0.3, -0.25) is 4.79 Å². The summed E-state index contributed by atoms with van der Waals surface area (Å²) < 4.78 is 5.65. The summed E-state index contributed by atoms with van der Waals surface area (Å²) in [5.74, 6) is 1.49. The molecule has 1 amide bonds. The van der Waals surface area contributed by atoms with E-state index in [1.807, 2.05) is 36.4 Å². The second-order valence-electron chi connectivity index (χ2n) is 5.25. The van der Waals surface area contributed by atoms with E-state index in [1.165, 1.54) is 6.33 Å². The number of aromatic nitrogens is 2. The zero-order chi connectivity index (χ0) is 15.4. The first-order chi connectivity index (χ1) is 10.7. The molecule has 6 heteroatoms. The molecule has 1 aromatic carbocycles. The summed E-state index contributed by atoms with van der Waals surface area (Å²) in [5, 5.41) is 3.27. The smallest absolute Gasteiger partial charge is 0.263 e. The maximum Gasteiger partial charge on any atom is 0.263 e. The van der Waals surface area contributed by atoms with Gasteiger partial charge in [-0.15, -0.1) is 0 Å². The number of anilines is 1. The number of carbonyl (C=O) groups excluding carboxylic acids is 1. The first kappa shape index (κ1) is 14.3. The first-order valence-corrected chi connectivity index (χ1v) is 7.25. The second kappa shape index (κ2) is 6.43. The predicted octanol–water partition coefficient (Wildman–Crippen LogP) is 1.57. The minimum Gasteiger partial charge on any atom is -0.481 e. The van der Waals surface area contributed by atoms with Gasteiger partial charge in [0.15, 0.2) is 6.10 Å². The Balaban J connectivity index is 1.47. The topological polar surface area (TPSA) is 67.3 Å². The molecule has 1 atom stereocenters. The third-order valence-electron chi connectivity index (χ3n) is 3.53. The standard InChI is InChI=1S/C16H18N4O2/c1-12(22-14-5-3-2-4-6-14)16(21)20-9-13(10-20)19-15-7-8-17-11-18-15/h2-8,11-13H,9-10H2,1H3,(H,17,18,19)/t12-/m0/s1. The van der Waals surface area contributed by atoms with Crippen molar-refractivity contribution in [2.45, 2.75) is 19.1 Å². The average Bonchev–Trinajstić information content (AvgIpc) is 2.52. The molecule has 0 spiro atoms. The molecule has 1 N–H and O–H groups in total. The molecule has 1 aliphatic heterocycles. The molecule has 22 heavy (non-hydrogen) atoms. The fourth-order valence-corrected chi connectivity index (χ4v) is 2.35. The number of hydrogen-bond donors (Lipinski definition) is 1. The number of nitrogens with one attached hydrogen (secondary N) is 1. The second-order valence-corrected chi connectivity index (χ2v) is 5.25. The number of likely N-dealkylation sites (tertiary alicyclic amines) is 1. The number of nitrogens with zero attached hydrogens (tertiary/aromatic N) is 3. The summed E-state index contributed by atoms with van der Waals surface area (Å²) in [5.41, 5.74) is 0. The molecule has 3 rings (SSSR count). The minimum atomic E-state index is -0.484. The molecule has 1 fully saturated rings. The van der Waals surface area contributed by atoms with Crippen molar-refractivity contribution in [1.82, 2.24) is 14.9 Å². The fourth-order valence-electron chi connectivity index (χ4n) is 2.35. The number of hydrogen-bond acceptors (Lipinski definition) is 5. The molecule has 0 unspecified atom stereocenters. The largest absolute Gasteiger partial charge is 0.481 e. The van der Waals surface area contributed by atoms with Gasteiger partial charge in [0, 0.05) is 19.3 Å². The summed E-state index contributed by atoms with van der Waals surface area (Å²) >= 11 is 0. The van der Waals surface area contributed by atoms with Crippen molar-refractivity contribution in [1.29, 1.82) is 0 Å². The Morgan fingerprint density at radius 1 is 1.32 bits per heavy atom. The molecule has 1 saturated heterocycles. The van der Waals surface area contributed by atoms with Crippen LogP contribution in [0.15, 0.2) is 48.9 Å². The van der Waals surface area contributed by atoms with E-state index in [2.05, 4.69) is 15.3 Å². The van der Waals surface area contributed by atoms with Crippen LogP contribution in [0.25, 0.3) is 0 Å². The van der Waals surface area contributed by atoms with Crippen LogP contribution in [-0.2, 0) is 4.79 Å². The van der Waals surface area contributed by atoms with Gasteiger partial charge in [-0.2, -0.15) is 0 Å². The molecule has 114 valence electrons. The summed E-state index contributed by atoms with van der Waals surface area (Å²) in [4.78, 5) is 22.0. The van der Waals surface area contributed by atoms with E-state index in [1.54, 1.807) is 18.0 Å². The summed E-state index contributed by atoms with van der Waals surface area (Å²) in [7, 11) is 0. The van der Waals surface area contributed by atoms with Gasteiger partial charge in [0.05, 0.1) is 6.04 Å². The Morgan fingerprint density at radius 2 is 2.09 bits per heavy atom. The number of amides is 1. The highest BCUT2D eigenvalue weighted by atomic mass is 16.5. The van der Waals surface area contributed by atoms with Crippen LogP contribution in [0.1, 0.15) is 6.92 Å². The van der Waals surface area contributed by atoms with Gasteiger partial charge in [-0.05, 0) is 25.1 Å². The maximum atomic E-state index is 12.3. The molecule has 2 aromatic rings. The number of ether oxygens (including phenoxy) is 1. The molecule has 0 radical (unpaired) electrons. The van der Waals surface area contributed by atoms with Gasteiger partial charge in [-0.1, -0.05) is 18.2 Å². The zero-order valence-corrected chi connectivity index (χ0v) is 12.3. The maximum absolute atomic E-state index is 12.3. The van der Waals surface area contributed by atoms with E-state index in [9.17, 15) is 4.79 Å². The molecule has 6 nitrogen and oxygen atoms in total. The first-order valence-electron chi connectivity index (χ1n) is 7.25. The Morgan fingerprint density at radius 3 is 2.77 bits per heavy atom. The highest BCUT2D eigenvalue weighted by Crippen LogP contribution is 2.17. The van der Waals surface area contributed by atoms with E-state index in [4.69, 9.17) is 4.74 Å². The van der Waals surface area contributed by atoms with E-state index >= 15 is 0 Å². The van der Waals surface area contributed by atoms with Crippen LogP contribution in [0.5, 0.6) is 5.75 Å². The molecular weight excluding hydrogens is 280 g/mol. The van der Waals surface area contributed by atoms with Crippen LogP contribution in [0.4, 0.5) is 5.82 Å². The zero-order valence-electron chi connectivity index (χ0n) is 12.3. The van der Waals surface area contributed by atoms with Crippen LogP contribution in [0.3, 0.4) is 0 Å². The SMILES string of the molecule is C[C@H](Oc1ccccc1)C(=O)N1CC(Nc2ccncn2)C1. The van der Waals surface area contributed by atoms with E-state index in [0.717, 1.165) is 5.82 Å². The van der Waals surface area contributed by atoms with E-state index in [-0.39, 0.29) is 11.9 Å². The van der Waals surface area contributed by atoms with Gasteiger partial charge in [0.25, 0.3) is 5.91 Å². The molecular formula is C16H18N4O2. The summed E-state index contributed by atoms with van der Waals surface area (Å²) in [6.07, 6.45) is 2.70. The number of para-hydroxylation sites is 1. The highest BCUT2D eigenvalue weighted by Gasteiger charge is 2.33. The molecule has 0 saturated carbocycles. The molecule has 1 aromatic heterocycles. The van der Waals surface area contributed by atoms with Crippen molar-refractivity contribution in [3.8, 4) is 5.75 Å². The van der Waals surface area contributed by atoms with Gasteiger partial charge in [0.1, 0.15) is 17.9 Å². The highest BCUT2D eigenvalue weighted by molar-refractivity contribution is 5.82. The van der Waals surface area contributed by atoms with Crippen molar-refractivity contribution < 1.29 is 9.53 Å². The van der Waals surface area contributed by atoms with Gasteiger partial charge >= 0.3 is 0 Å². The van der Waals surface area contributed by atoms with Gasteiger partial charge < -0.3 is 15.0 Å². The predicted molar refractivity (Wildman–Crippen MR) is 82.6 cm³/mol. The number of benzene rings is 1. The molecule has 2 heterocycles. The van der Waals surface area contributed by atoms with Crippen LogP contribution < -0.4 is 10.1 Å². The third kappa shape index (κ3) is 3.33. The van der Waals surface area contributed by atoms with Gasteiger partial charge in [0.2, 0.25) is 0 Å². The quantitative estimate of drug-likeness (QED) is 0.907. The fraction of sp³-hybridized carbons (Fsp3) is 0.312.